The van der Waals surface area contributed by atoms with Crippen molar-refractivity contribution in [1.82, 2.24) is 0 Å². The lowest BCUT2D eigenvalue weighted by molar-refractivity contribution is -0.927. The number of likely N-dealkylation sites (N-methyl/N-ethyl adjacent to an activating group) is 1. The first-order valence-corrected chi connectivity index (χ1v) is 10.3. The van der Waals surface area contributed by atoms with E-state index in [1.807, 2.05) is 13.8 Å². The van der Waals surface area contributed by atoms with Crippen LogP contribution in [0.1, 0.15) is 38.8 Å². The highest BCUT2D eigenvalue weighted by Crippen LogP contribution is 2.39. The summed E-state index contributed by atoms with van der Waals surface area (Å²) >= 11 is 3.58. The Morgan fingerprint density at radius 1 is 1.04 bits per heavy atom. The number of nitrogens with one attached hydrogen (secondary N) is 1. The monoisotopic (exact) mass is 426 g/mol. The second-order valence-corrected chi connectivity index (χ2v) is 9.94. The Labute approximate surface area is 170 Å². The van der Waals surface area contributed by atoms with Gasteiger partial charge in [-0.25, -0.2) is 0 Å². The second-order valence-electron chi connectivity index (χ2n) is 9.02. The molecule has 4 heteroatoms. The number of nitrogens with zero attached hydrogens (tertiary/aromatic N) is 1. The summed E-state index contributed by atoms with van der Waals surface area (Å²) in [5.41, 5.74) is 7.10. The Kier molecular flexibility index (Phi) is 4.30. The fourth-order valence-electron chi connectivity index (χ4n) is 4.63. The predicted molar refractivity (Wildman–Crippen MR) is 116 cm³/mol. The summed E-state index contributed by atoms with van der Waals surface area (Å²) in [5.74, 6) is 0. The van der Waals surface area contributed by atoms with Crippen LogP contribution in [0.5, 0.6) is 0 Å². The van der Waals surface area contributed by atoms with Crippen LogP contribution in [0.25, 0.3) is 11.1 Å². The van der Waals surface area contributed by atoms with E-state index in [1.54, 1.807) is 0 Å². The van der Waals surface area contributed by atoms with Gasteiger partial charge in [0.1, 0.15) is 11.1 Å². The standard InChI is InChI=1S/C23H27BrN2O/c1-22(2)13-17(23(3,4)26(22)27)14-25(5)19-7-9-21-16(12-19)10-15-11-18(24)6-8-20(15)21/h6-9,11-13,26H,10,14H2,1-5H3. The van der Waals surface area contributed by atoms with Crippen molar-refractivity contribution in [3.8, 4) is 11.1 Å². The fraction of sp³-hybridized carbons (Fsp3) is 0.391. The van der Waals surface area contributed by atoms with E-state index in [4.69, 9.17) is 0 Å². The van der Waals surface area contributed by atoms with Crippen molar-refractivity contribution in [1.29, 1.82) is 0 Å². The maximum Gasteiger partial charge on any atom is 0.116 e. The van der Waals surface area contributed by atoms with Gasteiger partial charge in [-0.2, -0.15) is 0 Å². The zero-order valence-electron chi connectivity index (χ0n) is 16.7. The summed E-state index contributed by atoms with van der Waals surface area (Å²) in [5, 5.41) is 13.0. The molecule has 1 aliphatic heterocycles. The average Bonchev–Trinajstić information content (AvgIpc) is 3.02. The second kappa shape index (κ2) is 6.20. The lowest BCUT2D eigenvalue weighted by Gasteiger charge is -2.42. The van der Waals surface area contributed by atoms with Crippen LogP contribution >= 0.6 is 15.9 Å². The van der Waals surface area contributed by atoms with Gasteiger partial charge in [0.2, 0.25) is 0 Å². The molecule has 0 bridgehead atoms. The van der Waals surface area contributed by atoms with Crippen molar-refractivity contribution in [2.75, 3.05) is 18.5 Å². The summed E-state index contributed by atoms with van der Waals surface area (Å²) in [6.07, 6.45) is 3.15. The molecule has 27 heavy (non-hydrogen) atoms. The van der Waals surface area contributed by atoms with Gasteiger partial charge in [0.25, 0.3) is 0 Å². The highest BCUT2D eigenvalue weighted by atomic mass is 79.9. The molecule has 142 valence electrons. The third-order valence-electron chi connectivity index (χ3n) is 6.17. The van der Waals surface area contributed by atoms with Gasteiger partial charge in [-0.3, -0.25) is 0 Å². The van der Waals surface area contributed by atoms with Crippen LogP contribution in [-0.4, -0.2) is 24.7 Å². The lowest BCUT2D eigenvalue weighted by atomic mass is 9.96. The van der Waals surface area contributed by atoms with Crippen LogP contribution < -0.4 is 9.96 Å². The van der Waals surface area contributed by atoms with Crippen LogP contribution in [0.15, 0.2) is 52.5 Å². The van der Waals surface area contributed by atoms with Crippen LogP contribution in [0.2, 0.25) is 0 Å². The normalized spacial score (nSPS) is 21.6. The summed E-state index contributed by atoms with van der Waals surface area (Å²) in [6.45, 7) is 8.94. The van der Waals surface area contributed by atoms with Crippen molar-refractivity contribution in [3.63, 3.8) is 0 Å². The maximum absolute atomic E-state index is 12.7. The molecular formula is C23H27BrN2O. The first-order valence-electron chi connectivity index (χ1n) is 9.49. The summed E-state index contributed by atoms with van der Waals surface area (Å²) in [4.78, 5) is 2.27. The van der Waals surface area contributed by atoms with E-state index in [0.29, 0.717) is 5.06 Å². The first kappa shape index (κ1) is 18.7. The number of hydrogen-bond acceptors (Lipinski definition) is 2. The quantitative estimate of drug-likeness (QED) is 0.498. The number of benzene rings is 2. The van der Waals surface area contributed by atoms with Crippen LogP contribution in [-0.2, 0) is 6.42 Å². The molecule has 0 saturated heterocycles. The van der Waals surface area contributed by atoms with Crippen molar-refractivity contribution in [2.24, 2.45) is 0 Å². The Morgan fingerprint density at radius 2 is 1.67 bits per heavy atom. The smallest absolute Gasteiger partial charge is 0.116 e. The van der Waals surface area contributed by atoms with Crippen molar-refractivity contribution >= 4 is 21.6 Å². The van der Waals surface area contributed by atoms with E-state index >= 15 is 0 Å². The lowest BCUT2D eigenvalue weighted by Crippen LogP contribution is -3.20. The van der Waals surface area contributed by atoms with Gasteiger partial charge < -0.3 is 15.2 Å². The van der Waals surface area contributed by atoms with Crippen LogP contribution in [0.4, 0.5) is 5.69 Å². The predicted octanol–water partition coefficient (Wildman–Crippen LogP) is 4.34. The zero-order chi connectivity index (χ0) is 19.6. The van der Waals surface area contributed by atoms with E-state index in [1.165, 1.54) is 33.5 Å². The van der Waals surface area contributed by atoms with Crippen LogP contribution in [0.3, 0.4) is 0 Å². The maximum atomic E-state index is 12.7. The average molecular weight is 427 g/mol. The third kappa shape index (κ3) is 3.04. The van der Waals surface area contributed by atoms with E-state index in [9.17, 15) is 5.21 Å². The topological polar surface area (TPSA) is 30.7 Å². The minimum absolute atomic E-state index is 0.313. The van der Waals surface area contributed by atoms with Gasteiger partial charge >= 0.3 is 0 Å². The molecule has 0 radical (unpaired) electrons. The molecule has 2 aliphatic rings. The molecule has 0 aromatic heterocycles. The molecule has 1 N–H and O–H groups in total. The number of hydroxylamine groups is 2. The van der Waals surface area contributed by atoms with E-state index in [0.717, 1.165) is 17.4 Å². The molecule has 0 amide bonds. The molecule has 3 nitrogen and oxygen atoms in total. The molecule has 1 aliphatic carbocycles. The van der Waals surface area contributed by atoms with E-state index in [2.05, 4.69) is 84.2 Å². The van der Waals surface area contributed by atoms with Gasteiger partial charge in [0.05, 0.1) is 0 Å². The Morgan fingerprint density at radius 3 is 2.30 bits per heavy atom. The molecule has 2 aromatic carbocycles. The molecule has 4 rings (SSSR count). The van der Waals surface area contributed by atoms with Gasteiger partial charge in [-0.15, -0.1) is 0 Å². The zero-order valence-corrected chi connectivity index (χ0v) is 18.3. The molecule has 0 spiro atoms. The molecule has 1 atom stereocenters. The van der Waals surface area contributed by atoms with E-state index in [-0.39, 0.29) is 5.54 Å². The molecule has 1 heterocycles. The van der Waals surface area contributed by atoms with Gasteiger partial charge in [0, 0.05) is 29.3 Å². The molecule has 2 aromatic rings. The fourth-order valence-corrected chi connectivity index (χ4v) is 5.03. The molecule has 1 unspecified atom stereocenters. The Hall–Kier alpha value is -1.62. The number of halogens is 1. The molecule has 0 saturated carbocycles. The van der Waals surface area contributed by atoms with Gasteiger partial charge in [0.15, 0.2) is 0 Å². The van der Waals surface area contributed by atoms with Gasteiger partial charge in [-0.1, -0.05) is 28.1 Å². The summed E-state index contributed by atoms with van der Waals surface area (Å²) in [6, 6.07) is 13.3. The summed E-state index contributed by atoms with van der Waals surface area (Å²) < 4.78 is 1.13. The minimum atomic E-state index is -0.392. The first-order chi connectivity index (χ1) is 12.6. The van der Waals surface area contributed by atoms with Crippen molar-refractivity contribution < 1.29 is 5.06 Å². The van der Waals surface area contributed by atoms with Crippen molar-refractivity contribution in [3.05, 3.63) is 68.9 Å². The minimum Gasteiger partial charge on any atom is -0.633 e. The Balaban J connectivity index is 1.59. The number of hydrogen-bond donors (Lipinski definition) is 1. The van der Waals surface area contributed by atoms with Crippen LogP contribution in [0, 0.1) is 5.21 Å². The third-order valence-corrected chi connectivity index (χ3v) is 6.66. The highest BCUT2D eigenvalue weighted by Gasteiger charge is 2.45. The number of quaternary nitrogens is 1. The number of anilines is 1. The number of fused-ring (bicyclic) bond motifs is 3. The SMILES string of the molecule is CN(CC1=CC(C)(C)[NH+]([O-])C1(C)C)c1ccc2c(c1)Cc1cc(Br)ccc1-2. The molecular weight excluding hydrogens is 400 g/mol. The largest absolute Gasteiger partial charge is 0.633 e. The van der Waals surface area contributed by atoms with E-state index < -0.39 is 5.54 Å². The highest BCUT2D eigenvalue weighted by molar-refractivity contribution is 9.10. The summed E-state index contributed by atoms with van der Waals surface area (Å²) in [7, 11) is 2.12. The van der Waals surface area contributed by atoms with Gasteiger partial charge in [-0.05, 0) is 86.7 Å². The number of rotatable bonds is 3. The van der Waals surface area contributed by atoms with Crippen molar-refractivity contribution in [2.45, 2.75) is 45.2 Å². The molecule has 0 fully saturated rings. The Bertz CT molecular complexity index is 945.